The second kappa shape index (κ2) is 7.75. The molecule has 0 aliphatic rings. The summed E-state index contributed by atoms with van der Waals surface area (Å²) in [5.74, 6) is -0.233. The standard InChI is InChI=1S/C18H14F3N3O2S/c1-2-26-17(25)13-10-22-16(14-7-4-8-27-14)24-15(13)23-12-6-3-5-11(9-12)18(19,20)21/h3-10H,2H2,1H3,(H,22,23,24). The van der Waals surface area contributed by atoms with Crippen LogP contribution < -0.4 is 5.32 Å². The zero-order chi connectivity index (χ0) is 19.4. The maximum absolute atomic E-state index is 12.9. The number of hydrogen-bond acceptors (Lipinski definition) is 6. The zero-order valence-electron chi connectivity index (χ0n) is 14.1. The molecular formula is C18H14F3N3O2S. The molecule has 0 fully saturated rings. The molecule has 0 unspecified atom stereocenters. The molecule has 2 heterocycles. The summed E-state index contributed by atoms with van der Waals surface area (Å²) in [6.07, 6.45) is -3.18. The number of carbonyl (C=O) groups excluding carboxylic acids is 1. The summed E-state index contributed by atoms with van der Waals surface area (Å²) in [5.41, 5.74) is -0.626. The molecule has 0 radical (unpaired) electrons. The molecule has 1 aromatic carbocycles. The van der Waals surface area contributed by atoms with Gasteiger partial charge in [0.15, 0.2) is 5.82 Å². The van der Waals surface area contributed by atoms with Crippen molar-refractivity contribution in [3.8, 4) is 10.7 Å². The number of esters is 1. The second-order valence-corrected chi connectivity index (χ2v) is 6.30. The van der Waals surface area contributed by atoms with E-state index in [0.29, 0.717) is 5.82 Å². The first kappa shape index (κ1) is 18.8. The lowest BCUT2D eigenvalue weighted by Crippen LogP contribution is -2.11. The monoisotopic (exact) mass is 393 g/mol. The number of alkyl halides is 3. The number of nitrogens with one attached hydrogen (secondary N) is 1. The molecule has 3 rings (SSSR count). The predicted molar refractivity (Wildman–Crippen MR) is 96.0 cm³/mol. The van der Waals surface area contributed by atoms with E-state index in [1.54, 1.807) is 13.0 Å². The third-order valence-corrected chi connectivity index (χ3v) is 4.34. The van der Waals surface area contributed by atoms with Crippen molar-refractivity contribution in [2.75, 3.05) is 11.9 Å². The Hall–Kier alpha value is -2.94. The van der Waals surface area contributed by atoms with Crippen LogP contribution in [-0.2, 0) is 10.9 Å². The second-order valence-electron chi connectivity index (χ2n) is 5.36. The minimum Gasteiger partial charge on any atom is -0.462 e. The molecule has 1 N–H and O–H groups in total. The molecule has 0 aliphatic heterocycles. The number of nitrogens with zero attached hydrogens (tertiary/aromatic N) is 2. The number of carbonyl (C=O) groups is 1. The third kappa shape index (κ3) is 4.43. The van der Waals surface area contributed by atoms with Crippen molar-refractivity contribution >= 4 is 28.8 Å². The van der Waals surface area contributed by atoms with Crippen molar-refractivity contribution in [1.82, 2.24) is 9.97 Å². The Morgan fingerprint density at radius 3 is 2.74 bits per heavy atom. The summed E-state index contributed by atoms with van der Waals surface area (Å²) in [4.78, 5) is 21.4. The van der Waals surface area contributed by atoms with Crippen molar-refractivity contribution in [2.45, 2.75) is 13.1 Å². The Balaban J connectivity index is 2.01. The number of benzene rings is 1. The maximum atomic E-state index is 12.9. The van der Waals surface area contributed by atoms with Gasteiger partial charge in [-0.25, -0.2) is 14.8 Å². The maximum Gasteiger partial charge on any atom is 0.416 e. The van der Waals surface area contributed by atoms with E-state index in [9.17, 15) is 18.0 Å². The molecule has 0 saturated carbocycles. The molecule has 0 amide bonds. The topological polar surface area (TPSA) is 64.1 Å². The van der Waals surface area contributed by atoms with Crippen molar-refractivity contribution in [2.24, 2.45) is 0 Å². The number of rotatable bonds is 5. The minimum atomic E-state index is -4.48. The molecule has 140 valence electrons. The van der Waals surface area contributed by atoms with E-state index in [1.165, 1.54) is 29.7 Å². The van der Waals surface area contributed by atoms with E-state index < -0.39 is 17.7 Å². The number of anilines is 2. The fraction of sp³-hybridized carbons (Fsp3) is 0.167. The highest BCUT2D eigenvalue weighted by Gasteiger charge is 2.30. The number of ether oxygens (including phenoxy) is 1. The van der Waals surface area contributed by atoms with Gasteiger partial charge in [-0.3, -0.25) is 0 Å². The van der Waals surface area contributed by atoms with E-state index in [1.807, 2.05) is 11.4 Å². The Bertz CT molecular complexity index is 943. The lowest BCUT2D eigenvalue weighted by molar-refractivity contribution is -0.137. The smallest absolute Gasteiger partial charge is 0.416 e. The normalized spacial score (nSPS) is 11.3. The average molecular weight is 393 g/mol. The van der Waals surface area contributed by atoms with Crippen LogP contribution in [-0.4, -0.2) is 22.5 Å². The van der Waals surface area contributed by atoms with Gasteiger partial charge in [-0.15, -0.1) is 11.3 Å². The molecule has 0 bridgehead atoms. The van der Waals surface area contributed by atoms with E-state index >= 15 is 0 Å². The summed E-state index contributed by atoms with van der Waals surface area (Å²) in [6.45, 7) is 1.80. The zero-order valence-corrected chi connectivity index (χ0v) is 14.9. The first-order valence-electron chi connectivity index (χ1n) is 7.91. The highest BCUT2D eigenvalue weighted by molar-refractivity contribution is 7.13. The summed E-state index contributed by atoms with van der Waals surface area (Å²) in [5, 5.41) is 4.62. The summed E-state index contributed by atoms with van der Waals surface area (Å²) < 4.78 is 43.8. The van der Waals surface area contributed by atoms with Crippen molar-refractivity contribution in [1.29, 1.82) is 0 Å². The molecule has 5 nitrogen and oxygen atoms in total. The Morgan fingerprint density at radius 2 is 2.07 bits per heavy atom. The fourth-order valence-electron chi connectivity index (χ4n) is 2.27. The van der Waals surface area contributed by atoms with Gasteiger partial charge in [-0.1, -0.05) is 12.1 Å². The number of aromatic nitrogens is 2. The van der Waals surface area contributed by atoms with Crippen LogP contribution in [0.5, 0.6) is 0 Å². The van der Waals surface area contributed by atoms with Gasteiger partial charge in [0.2, 0.25) is 0 Å². The Labute approximate surface area is 156 Å². The predicted octanol–water partition coefficient (Wildman–Crippen LogP) is 5.14. The van der Waals surface area contributed by atoms with Crippen LogP contribution in [0.4, 0.5) is 24.7 Å². The van der Waals surface area contributed by atoms with Gasteiger partial charge in [0.05, 0.1) is 17.0 Å². The summed E-state index contributed by atoms with van der Waals surface area (Å²) in [6, 6.07) is 8.27. The van der Waals surface area contributed by atoms with Crippen LogP contribution in [0, 0.1) is 0 Å². The SMILES string of the molecule is CCOC(=O)c1cnc(-c2cccs2)nc1Nc1cccc(C(F)(F)F)c1. The van der Waals surface area contributed by atoms with Crippen molar-refractivity contribution in [3.63, 3.8) is 0 Å². The van der Waals surface area contributed by atoms with Crippen molar-refractivity contribution in [3.05, 3.63) is 59.1 Å². The molecule has 0 spiro atoms. The van der Waals surface area contributed by atoms with Gasteiger partial charge in [0.25, 0.3) is 0 Å². The van der Waals surface area contributed by atoms with Gasteiger partial charge in [0, 0.05) is 11.9 Å². The number of hydrogen-bond donors (Lipinski definition) is 1. The lowest BCUT2D eigenvalue weighted by Gasteiger charge is -2.13. The molecule has 9 heteroatoms. The van der Waals surface area contributed by atoms with Gasteiger partial charge in [0.1, 0.15) is 11.4 Å². The van der Waals surface area contributed by atoms with Gasteiger partial charge in [-0.2, -0.15) is 13.2 Å². The van der Waals surface area contributed by atoms with Gasteiger partial charge >= 0.3 is 12.1 Å². The number of thiophene rings is 1. The molecular weight excluding hydrogens is 379 g/mol. The van der Waals surface area contributed by atoms with Crippen molar-refractivity contribution < 1.29 is 22.7 Å². The largest absolute Gasteiger partial charge is 0.462 e. The van der Waals surface area contributed by atoms with E-state index in [4.69, 9.17) is 4.74 Å². The third-order valence-electron chi connectivity index (χ3n) is 3.48. The fourth-order valence-corrected chi connectivity index (χ4v) is 2.93. The molecule has 2 aromatic heterocycles. The van der Waals surface area contributed by atoms with Crippen LogP contribution in [0.1, 0.15) is 22.8 Å². The lowest BCUT2D eigenvalue weighted by atomic mass is 10.2. The van der Waals surface area contributed by atoms with E-state index in [-0.39, 0.29) is 23.7 Å². The quantitative estimate of drug-likeness (QED) is 0.608. The van der Waals surface area contributed by atoms with Gasteiger partial charge < -0.3 is 10.1 Å². The minimum absolute atomic E-state index is 0.0366. The molecule has 0 aliphatic carbocycles. The first-order chi connectivity index (χ1) is 12.9. The molecule has 0 saturated heterocycles. The summed E-state index contributed by atoms with van der Waals surface area (Å²) >= 11 is 1.40. The average Bonchev–Trinajstić information content (AvgIpc) is 3.16. The summed E-state index contributed by atoms with van der Waals surface area (Å²) in [7, 11) is 0. The molecule has 27 heavy (non-hydrogen) atoms. The Kier molecular flexibility index (Phi) is 5.41. The van der Waals surface area contributed by atoms with Crippen LogP contribution in [0.15, 0.2) is 48.0 Å². The Morgan fingerprint density at radius 1 is 1.26 bits per heavy atom. The molecule has 3 aromatic rings. The van der Waals surface area contributed by atoms with Gasteiger partial charge in [-0.05, 0) is 36.6 Å². The number of halogens is 3. The molecule has 0 atom stereocenters. The van der Waals surface area contributed by atoms with Crippen LogP contribution in [0.25, 0.3) is 10.7 Å². The van der Waals surface area contributed by atoms with E-state index in [2.05, 4.69) is 15.3 Å². The van der Waals surface area contributed by atoms with Crippen LogP contribution >= 0.6 is 11.3 Å². The first-order valence-corrected chi connectivity index (χ1v) is 8.78. The van der Waals surface area contributed by atoms with E-state index in [0.717, 1.165) is 17.0 Å². The van der Waals surface area contributed by atoms with Crippen LogP contribution in [0.2, 0.25) is 0 Å². The highest BCUT2D eigenvalue weighted by Crippen LogP contribution is 2.32. The highest BCUT2D eigenvalue weighted by atomic mass is 32.1. The van der Waals surface area contributed by atoms with Crippen LogP contribution in [0.3, 0.4) is 0 Å².